The Morgan fingerprint density at radius 1 is 1.11 bits per heavy atom. The Labute approximate surface area is 232 Å². The number of hydrogen-bond acceptors (Lipinski definition) is 7. The van der Waals surface area contributed by atoms with E-state index in [0.29, 0.717) is 49.4 Å². The molecule has 0 radical (unpaired) electrons. The van der Waals surface area contributed by atoms with E-state index >= 15 is 0 Å². The fraction of sp³-hybridized carbons (Fsp3) is 0.517. The van der Waals surface area contributed by atoms with E-state index in [0.717, 1.165) is 40.6 Å². The van der Waals surface area contributed by atoms with Crippen LogP contribution in [0.2, 0.25) is 0 Å². The molecular weight excluding hydrogens is 548 g/mol. The third-order valence-electron chi connectivity index (χ3n) is 7.25. The summed E-state index contributed by atoms with van der Waals surface area (Å²) in [6, 6.07) is 8.13. The number of carbonyl (C=O) groups is 3. The van der Waals surface area contributed by atoms with E-state index in [4.69, 9.17) is 9.72 Å². The molecule has 1 amide bonds. The predicted molar refractivity (Wildman–Crippen MR) is 152 cm³/mol. The average molecular weight is 586 g/mol. The lowest BCUT2D eigenvalue weighted by atomic mass is 9.95. The summed E-state index contributed by atoms with van der Waals surface area (Å²) in [5.74, 6) is 0.536. The SMILES string of the molecule is CC1=C(C)C(=O)C(CNc2cc(CN3CCN(C(=O)OC(C)(C)C)CC3)c3ccc(Br)cc3n2)CCC1=O. The molecule has 0 spiro atoms. The molecule has 1 aromatic carbocycles. The largest absolute Gasteiger partial charge is 0.444 e. The molecule has 1 aromatic heterocycles. The number of hydrogen-bond donors (Lipinski definition) is 1. The lowest BCUT2D eigenvalue weighted by Gasteiger charge is -2.35. The van der Waals surface area contributed by atoms with E-state index in [9.17, 15) is 14.4 Å². The van der Waals surface area contributed by atoms with Crippen molar-refractivity contribution in [3.8, 4) is 0 Å². The van der Waals surface area contributed by atoms with E-state index < -0.39 is 5.60 Å². The Bertz CT molecular complexity index is 1280. The van der Waals surface area contributed by atoms with Gasteiger partial charge in [-0.1, -0.05) is 22.0 Å². The second-order valence-corrected chi connectivity index (χ2v) is 12.1. The molecule has 1 fully saturated rings. The van der Waals surface area contributed by atoms with Gasteiger partial charge in [0.15, 0.2) is 11.6 Å². The number of allylic oxidation sites excluding steroid dienone is 2. The van der Waals surface area contributed by atoms with E-state index in [-0.39, 0.29) is 23.6 Å². The number of pyridine rings is 1. The molecule has 204 valence electrons. The smallest absolute Gasteiger partial charge is 0.410 e. The molecule has 2 heterocycles. The first-order valence-electron chi connectivity index (χ1n) is 13.2. The molecule has 38 heavy (non-hydrogen) atoms. The number of Topliss-reactive ketones (excluding diaryl/α,β-unsaturated/α-hetero) is 2. The van der Waals surface area contributed by atoms with Gasteiger partial charge in [0.2, 0.25) is 0 Å². The van der Waals surface area contributed by atoms with Crippen LogP contribution in [-0.4, -0.2) is 70.8 Å². The van der Waals surface area contributed by atoms with Crippen molar-refractivity contribution in [2.24, 2.45) is 5.92 Å². The Morgan fingerprint density at radius 2 is 1.82 bits per heavy atom. The number of nitrogens with one attached hydrogen (secondary N) is 1. The standard InChI is InChI=1S/C29H37BrN4O4/c1-18-19(2)27(36)20(6-9-25(18)35)16-31-26-14-21(23-8-7-22(30)15-24(23)32-26)17-33-10-12-34(13-11-33)28(37)38-29(3,4)5/h7-8,14-15,20H,6,9-13,16-17H2,1-5H3,(H,31,32). The van der Waals surface area contributed by atoms with E-state index in [1.165, 1.54) is 0 Å². The van der Waals surface area contributed by atoms with Crippen molar-refractivity contribution >= 4 is 50.3 Å². The number of ether oxygens (including phenoxy) is 1. The number of nitrogens with zero attached hydrogens (tertiary/aromatic N) is 3. The zero-order valence-corrected chi connectivity index (χ0v) is 24.5. The lowest BCUT2D eigenvalue weighted by molar-refractivity contribution is -0.118. The minimum Gasteiger partial charge on any atom is -0.444 e. The molecule has 0 saturated carbocycles. The third-order valence-corrected chi connectivity index (χ3v) is 7.74. The van der Waals surface area contributed by atoms with Gasteiger partial charge in [0.05, 0.1) is 5.52 Å². The first-order valence-corrected chi connectivity index (χ1v) is 14.0. The van der Waals surface area contributed by atoms with Gasteiger partial charge in [0, 0.05) is 61.5 Å². The van der Waals surface area contributed by atoms with Crippen molar-refractivity contribution in [1.29, 1.82) is 0 Å². The summed E-state index contributed by atoms with van der Waals surface area (Å²) in [5, 5.41) is 4.46. The van der Waals surface area contributed by atoms with Crippen LogP contribution in [0.5, 0.6) is 0 Å². The highest BCUT2D eigenvalue weighted by Gasteiger charge is 2.28. The zero-order valence-electron chi connectivity index (χ0n) is 22.9. The quantitative estimate of drug-likeness (QED) is 0.506. The van der Waals surface area contributed by atoms with Crippen LogP contribution in [-0.2, 0) is 20.9 Å². The van der Waals surface area contributed by atoms with Crippen LogP contribution < -0.4 is 5.32 Å². The molecule has 1 atom stereocenters. The Hall–Kier alpha value is -2.78. The van der Waals surface area contributed by atoms with Crippen molar-refractivity contribution < 1.29 is 19.1 Å². The molecule has 2 aromatic rings. The van der Waals surface area contributed by atoms with Gasteiger partial charge in [-0.15, -0.1) is 0 Å². The summed E-state index contributed by atoms with van der Waals surface area (Å²) >= 11 is 3.55. The lowest BCUT2D eigenvalue weighted by Crippen LogP contribution is -2.49. The monoisotopic (exact) mass is 584 g/mol. The summed E-state index contributed by atoms with van der Waals surface area (Å²) < 4.78 is 6.47. The minimum atomic E-state index is -0.507. The molecule has 1 N–H and O–H groups in total. The second kappa shape index (κ2) is 11.5. The molecule has 1 unspecified atom stereocenters. The average Bonchev–Trinajstić information content (AvgIpc) is 2.94. The maximum Gasteiger partial charge on any atom is 0.410 e. The number of benzene rings is 1. The maximum absolute atomic E-state index is 12.9. The molecule has 1 saturated heterocycles. The van der Waals surface area contributed by atoms with Crippen LogP contribution in [0.4, 0.5) is 10.6 Å². The Balaban J connectivity index is 1.48. The summed E-state index contributed by atoms with van der Waals surface area (Å²) in [6.45, 7) is 13.0. The number of carbonyl (C=O) groups excluding carboxylic acids is 3. The molecule has 1 aliphatic carbocycles. The van der Waals surface area contributed by atoms with Gasteiger partial charge in [0.1, 0.15) is 11.4 Å². The Kier molecular flexibility index (Phi) is 8.57. The molecule has 2 aliphatic rings. The van der Waals surface area contributed by atoms with Crippen molar-refractivity contribution in [2.75, 3.05) is 38.0 Å². The number of piperazine rings is 1. The van der Waals surface area contributed by atoms with Gasteiger partial charge in [-0.25, -0.2) is 9.78 Å². The summed E-state index contributed by atoms with van der Waals surface area (Å²) in [4.78, 5) is 46.6. The number of fused-ring (bicyclic) bond motifs is 1. The molecule has 8 nitrogen and oxygen atoms in total. The number of anilines is 1. The van der Waals surface area contributed by atoms with Gasteiger partial charge in [-0.2, -0.15) is 0 Å². The van der Waals surface area contributed by atoms with Crippen molar-refractivity contribution in [3.05, 3.63) is 45.4 Å². The van der Waals surface area contributed by atoms with Crippen LogP contribution in [0.1, 0.15) is 53.0 Å². The van der Waals surface area contributed by atoms with Crippen LogP contribution >= 0.6 is 15.9 Å². The van der Waals surface area contributed by atoms with E-state index in [2.05, 4.69) is 38.3 Å². The summed E-state index contributed by atoms with van der Waals surface area (Å²) in [7, 11) is 0. The van der Waals surface area contributed by atoms with Gasteiger partial charge in [-0.3, -0.25) is 14.5 Å². The van der Waals surface area contributed by atoms with Crippen LogP contribution in [0.3, 0.4) is 0 Å². The van der Waals surface area contributed by atoms with E-state index in [1.54, 1.807) is 18.7 Å². The summed E-state index contributed by atoms with van der Waals surface area (Å²) in [5.41, 5.74) is 2.64. The van der Waals surface area contributed by atoms with Crippen molar-refractivity contribution in [3.63, 3.8) is 0 Å². The van der Waals surface area contributed by atoms with Crippen molar-refractivity contribution in [1.82, 2.24) is 14.8 Å². The highest BCUT2D eigenvalue weighted by atomic mass is 79.9. The number of aromatic nitrogens is 1. The first kappa shape index (κ1) is 28.2. The predicted octanol–water partition coefficient (Wildman–Crippen LogP) is 5.35. The molecule has 4 rings (SSSR count). The highest BCUT2D eigenvalue weighted by molar-refractivity contribution is 9.10. The fourth-order valence-electron chi connectivity index (χ4n) is 4.90. The molecule has 0 bridgehead atoms. The first-order chi connectivity index (χ1) is 17.9. The number of halogens is 1. The topological polar surface area (TPSA) is 91.8 Å². The van der Waals surface area contributed by atoms with Gasteiger partial charge in [0.25, 0.3) is 0 Å². The molecular formula is C29H37BrN4O4. The fourth-order valence-corrected chi connectivity index (χ4v) is 5.25. The van der Waals surface area contributed by atoms with Crippen LogP contribution in [0.15, 0.2) is 39.9 Å². The Morgan fingerprint density at radius 3 is 2.50 bits per heavy atom. The van der Waals surface area contributed by atoms with Crippen molar-refractivity contribution in [2.45, 2.75) is 59.6 Å². The number of ketones is 2. The number of amides is 1. The van der Waals surface area contributed by atoms with Gasteiger partial charge < -0.3 is 15.0 Å². The van der Waals surface area contributed by atoms with Crippen LogP contribution in [0, 0.1) is 5.92 Å². The number of rotatable bonds is 5. The molecule has 9 heteroatoms. The summed E-state index contributed by atoms with van der Waals surface area (Å²) in [6.07, 6.45) is 0.658. The maximum atomic E-state index is 12.9. The van der Waals surface area contributed by atoms with Gasteiger partial charge in [-0.05, 0) is 75.9 Å². The molecule has 1 aliphatic heterocycles. The minimum absolute atomic E-state index is 0.0347. The van der Waals surface area contributed by atoms with E-state index in [1.807, 2.05) is 32.9 Å². The second-order valence-electron chi connectivity index (χ2n) is 11.2. The third kappa shape index (κ3) is 6.80. The normalized spacial score (nSPS) is 19.6. The van der Waals surface area contributed by atoms with Gasteiger partial charge >= 0.3 is 6.09 Å². The zero-order chi connectivity index (χ0) is 27.6. The highest BCUT2D eigenvalue weighted by Crippen LogP contribution is 2.27. The van der Waals surface area contributed by atoms with Crippen LogP contribution in [0.25, 0.3) is 10.9 Å².